The number of fused-ring (bicyclic) bond motifs is 1. The minimum atomic E-state index is -3.46. The van der Waals surface area contributed by atoms with Crippen LogP contribution in [0.1, 0.15) is 26.3 Å². The van der Waals surface area contributed by atoms with E-state index in [1.807, 2.05) is 23.9 Å². The number of sulfone groups is 1. The van der Waals surface area contributed by atoms with E-state index in [-0.39, 0.29) is 17.3 Å². The van der Waals surface area contributed by atoms with Gasteiger partial charge in [-0.15, -0.1) is 0 Å². The fraction of sp³-hybridized carbons (Fsp3) is 0.269. The van der Waals surface area contributed by atoms with Gasteiger partial charge in [0.15, 0.2) is 21.4 Å². The zero-order valence-corrected chi connectivity index (χ0v) is 20.9. The molecule has 0 aliphatic carbocycles. The summed E-state index contributed by atoms with van der Waals surface area (Å²) in [5.74, 6) is -1.03. The summed E-state index contributed by atoms with van der Waals surface area (Å²) in [4.78, 5) is 4.26. The largest absolute Gasteiger partial charge is 0.479 e. The van der Waals surface area contributed by atoms with Crippen molar-refractivity contribution in [1.29, 1.82) is 0 Å². The number of ether oxygens (including phenoxy) is 2. The lowest BCUT2D eigenvalue weighted by Gasteiger charge is -2.26. The van der Waals surface area contributed by atoms with Crippen LogP contribution in [0.15, 0.2) is 54.9 Å². The summed E-state index contributed by atoms with van der Waals surface area (Å²) in [6.45, 7) is 4.92. The molecule has 6 nitrogen and oxygen atoms in total. The molecule has 0 unspecified atom stereocenters. The molecule has 0 saturated heterocycles. The second-order valence-corrected chi connectivity index (χ2v) is 11.5. The number of rotatable bonds is 7. The second-order valence-electron chi connectivity index (χ2n) is 8.67. The van der Waals surface area contributed by atoms with E-state index < -0.39 is 26.2 Å². The van der Waals surface area contributed by atoms with Crippen LogP contribution in [0.3, 0.4) is 0 Å². The molecule has 2 aromatic carbocycles. The molecule has 0 spiro atoms. The third kappa shape index (κ3) is 4.25. The number of pyridine rings is 1. The lowest BCUT2D eigenvalue weighted by Crippen LogP contribution is -2.30. The number of halogens is 2. The minimum Gasteiger partial charge on any atom is -0.479 e. The number of aromatic nitrogens is 2. The molecule has 0 bridgehead atoms. The Morgan fingerprint density at radius 3 is 2.40 bits per heavy atom. The van der Waals surface area contributed by atoms with Crippen LogP contribution in [-0.4, -0.2) is 30.8 Å². The highest BCUT2D eigenvalue weighted by atomic mass is 32.2. The zero-order valence-electron chi connectivity index (χ0n) is 20.1. The Bertz CT molecular complexity index is 1530. The molecule has 0 aliphatic heterocycles. The minimum absolute atomic E-state index is 0.0223. The van der Waals surface area contributed by atoms with E-state index in [1.54, 1.807) is 45.2 Å². The van der Waals surface area contributed by atoms with Crippen molar-refractivity contribution in [2.45, 2.75) is 25.5 Å². The maximum atomic E-state index is 14.4. The molecule has 9 heteroatoms. The Labute approximate surface area is 203 Å². The Kier molecular flexibility index (Phi) is 6.31. The lowest BCUT2D eigenvalue weighted by molar-refractivity contribution is 0.401. The van der Waals surface area contributed by atoms with E-state index in [9.17, 15) is 17.2 Å². The molecule has 4 aromatic rings. The first-order valence-corrected chi connectivity index (χ1v) is 12.6. The molecule has 0 radical (unpaired) electrons. The fourth-order valence-electron chi connectivity index (χ4n) is 4.11. The maximum absolute atomic E-state index is 14.4. The molecule has 2 aromatic heterocycles. The van der Waals surface area contributed by atoms with Crippen LogP contribution in [0.25, 0.3) is 22.0 Å². The van der Waals surface area contributed by atoms with Crippen molar-refractivity contribution in [2.75, 3.05) is 12.9 Å². The average molecular weight is 501 g/mol. The van der Waals surface area contributed by atoms with Crippen molar-refractivity contribution in [1.82, 2.24) is 9.55 Å². The highest BCUT2D eigenvalue weighted by Gasteiger charge is 2.35. The van der Waals surface area contributed by atoms with Gasteiger partial charge in [-0.1, -0.05) is 13.0 Å². The highest BCUT2D eigenvalue weighted by molar-refractivity contribution is 7.92. The molecule has 0 N–H and O–H groups in total. The number of hydrogen-bond donors (Lipinski definition) is 0. The standard InChI is InChI=1S/C26H26F2N2O4S/c1-6-35(31,32)26(2,3)16-7-9-22(34-23-10-8-17(27)14-21(23)28)19(13-16)20-15-30(4)24-18(20)11-12-29-25(24)33-5/h7-15H,6H2,1-5H3. The number of nitrogens with zero attached hydrogens (tertiary/aromatic N) is 2. The SMILES string of the molecule is CCS(=O)(=O)C(C)(C)c1ccc(Oc2ccc(F)cc2F)c(-c2cn(C)c3c(OC)nccc23)c1. The first-order valence-electron chi connectivity index (χ1n) is 11.0. The lowest BCUT2D eigenvalue weighted by atomic mass is 9.95. The van der Waals surface area contributed by atoms with E-state index >= 15 is 0 Å². The second kappa shape index (κ2) is 8.96. The Balaban J connectivity index is 1.98. The molecular weight excluding hydrogens is 474 g/mol. The maximum Gasteiger partial charge on any atom is 0.238 e. The summed E-state index contributed by atoms with van der Waals surface area (Å²) in [5.41, 5.74) is 2.55. The van der Waals surface area contributed by atoms with Crippen LogP contribution in [0.4, 0.5) is 8.78 Å². The molecule has 35 heavy (non-hydrogen) atoms. The van der Waals surface area contributed by atoms with E-state index in [4.69, 9.17) is 9.47 Å². The summed E-state index contributed by atoms with van der Waals surface area (Å²) in [6.07, 6.45) is 3.46. The summed E-state index contributed by atoms with van der Waals surface area (Å²) in [7, 11) is -0.0929. The third-order valence-electron chi connectivity index (χ3n) is 6.29. The number of methoxy groups -OCH3 is 1. The quantitative estimate of drug-likeness (QED) is 0.312. The third-order valence-corrected chi connectivity index (χ3v) is 8.84. The van der Waals surface area contributed by atoms with Crippen molar-refractivity contribution in [2.24, 2.45) is 7.05 Å². The molecular formula is C26H26F2N2O4S. The Hall–Kier alpha value is -3.46. The Morgan fingerprint density at radius 1 is 1.03 bits per heavy atom. The molecule has 4 rings (SSSR count). The van der Waals surface area contributed by atoms with E-state index in [0.29, 0.717) is 22.6 Å². The number of benzene rings is 2. The topological polar surface area (TPSA) is 70.4 Å². The van der Waals surface area contributed by atoms with Crippen LogP contribution in [0.5, 0.6) is 17.4 Å². The predicted octanol–water partition coefficient (Wildman–Crippen LogP) is 5.99. The van der Waals surface area contributed by atoms with Gasteiger partial charge in [0.1, 0.15) is 17.1 Å². The monoisotopic (exact) mass is 500 g/mol. The van der Waals surface area contributed by atoms with Gasteiger partial charge >= 0.3 is 0 Å². The smallest absolute Gasteiger partial charge is 0.238 e. The summed E-state index contributed by atoms with van der Waals surface area (Å²) in [6, 6.07) is 9.89. The molecule has 0 amide bonds. The summed E-state index contributed by atoms with van der Waals surface area (Å²) < 4.78 is 65.6. The van der Waals surface area contributed by atoms with Crippen molar-refractivity contribution < 1.29 is 26.7 Å². The summed E-state index contributed by atoms with van der Waals surface area (Å²) >= 11 is 0. The van der Waals surface area contributed by atoms with Crippen LogP contribution >= 0.6 is 0 Å². The highest BCUT2D eigenvalue weighted by Crippen LogP contribution is 2.43. The van der Waals surface area contributed by atoms with E-state index in [1.165, 1.54) is 13.2 Å². The molecule has 0 atom stereocenters. The average Bonchev–Trinajstić information content (AvgIpc) is 3.17. The normalized spacial score (nSPS) is 12.2. The van der Waals surface area contributed by atoms with Crippen LogP contribution in [-0.2, 0) is 21.6 Å². The van der Waals surface area contributed by atoms with Gasteiger partial charge in [-0.05, 0) is 49.7 Å². The van der Waals surface area contributed by atoms with Gasteiger partial charge in [0, 0.05) is 47.8 Å². The van der Waals surface area contributed by atoms with Crippen molar-refractivity contribution in [3.63, 3.8) is 0 Å². The van der Waals surface area contributed by atoms with Crippen LogP contribution in [0.2, 0.25) is 0 Å². The van der Waals surface area contributed by atoms with Gasteiger partial charge in [0.25, 0.3) is 0 Å². The van der Waals surface area contributed by atoms with Crippen LogP contribution < -0.4 is 9.47 Å². The molecule has 2 heterocycles. The first kappa shape index (κ1) is 24.7. The predicted molar refractivity (Wildman–Crippen MR) is 132 cm³/mol. The molecule has 184 valence electrons. The van der Waals surface area contributed by atoms with Gasteiger partial charge in [0.05, 0.1) is 11.9 Å². The molecule has 0 fully saturated rings. The first-order chi connectivity index (χ1) is 16.5. The number of hydrogen-bond acceptors (Lipinski definition) is 5. The van der Waals surface area contributed by atoms with Gasteiger partial charge in [0.2, 0.25) is 5.88 Å². The van der Waals surface area contributed by atoms with Crippen molar-refractivity contribution in [3.8, 4) is 28.5 Å². The van der Waals surface area contributed by atoms with Crippen molar-refractivity contribution >= 4 is 20.7 Å². The fourth-order valence-corrected chi connectivity index (χ4v) is 5.31. The van der Waals surface area contributed by atoms with Gasteiger partial charge < -0.3 is 14.0 Å². The van der Waals surface area contributed by atoms with Gasteiger partial charge in [-0.3, -0.25) is 0 Å². The van der Waals surface area contributed by atoms with Crippen LogP contribution in [0, 0.1) is 11.6 Å². The Morgan fingerprint density at radius 2 is 1.74 bits per heavy atom. The zero-order chi connectivity index (χ0) is 25.5. The van der Waals surface area contributed by atoms with Gasteiger partial charge in [-0.2, -0.15) is 0 Å². The molecule has 0 aliphatic rings. The molecule has 0 saturated carbocycles. The van der Waals surface area contributed by atoms with Gasteiger partial charge in [-0.25, -0.2) is 22.2 Å². The van der Waals surface area contributed by atoms with Crippen molar-refractivity contribution in [3.05, 3.63) is 72.1 Å². The number of aryl methyl sites for hydroxylation is 1. The van der Waals surface area contributed by atoms with E-state index in [0.717, 1.165) is 23.0 Å². The summed E-state index contributed by atoms with van der Waals surface area (Å²) in [5, 5.41) is 0.789. The van der Waals surface area contributed by atoms with E-state index in [2.05, 4.69) is 4.98 Å².